The second kappa shape index (κ2) is 3.03. The maximum atomic E-state index is 10.9. The van der Waals surface area contributed by atoms with Gasteiger partial charge in [-0.3, -0.25) is 9.59 Å². The molecule has 1 aliphatic rings. The van der Waals surface area contributed by atoms with Crippen molar-refractivity contribution in [2.45, 2.75) is 26.2 Å². The summed E-state index contributed by atoms with van der Waals surface area (Å²) in [7, 11) is 0. The molecule has 0 aromatic heterocycles. The Bertz CT molecular complexity index is 171. The maximum absolute atomic E-state index is 10.9. The molecule has 0 bridgehead atoms. The second-order valence-corrected chi connectivity index (χ2v) is 3.18. The van der Waals surface area contributed by atoms with Gasteiger partial charge in [-0.15, -0.1) is 0 Å². The molecule has 1 atom stereocenters. The van der Waals surface area contributed by atoms with E-state index in [2.05, 4.69) is 0 Å². The molecule has 62 valence electrons. The Kier molecular flexibility index (Phi) is 2.27. The highest BCUT2D eigenvalue weighted by Crippen LogP contribution is 2.33. The molecule has 1 fully saturated rings. The third kappa shape index (κ3) is 1.59. The van der Waals surface area contributed by atoms with Crippen LogP contribution in [0.15, 0.2) is 0 Å². The van der Waals surface area contributed by atoms with Gasteiger partial charge in [-0.1, -0.05) is 6.42 Å². The maximum Gasteiger partial charge on any atom is 0.228 e. The topological polar surface area (TPSA) is 60.2 Å². The van der Waals surface area contributed by atoms with Crippen LogP contribution in [0, 0.1) is 11.8 Å². The molecule has 0 spiro atoms. The molecule has 11 heavy (non-hydrogen) atoms. The number of ketones is 1. The Morgan fingerprint density at radius 3 is 2.09 bits per heavy atom. The number of carbonyl (C=O) groups excluding carboxylic acids is 2. The van der Waals surface area contributed by atoms with Crippen LogP contribution in [-0.2, 0) is 9.59 Å². The fourth-order valence-electron chi connectivity index (χ4n) is 1.54. The summed E-state index contributed by atoms with van der Waals surface area (Å²) in [6, 6.07) is 0. The van der Waals surface area contributed by atoms with Crippen molar-refractivity contribution < 1.29 is 9.59 Å². The van der Waals surface area contributed by atoms with Crippen LogP contribution in [0.25, 0.3) is 0 Å². The van der Waals surface area contributed by atoms with Crippen LogP contribution in [0.5, 0.6) is 0 Å². The summed E-state index contributed by atoms with van der Waals surface area (Å²) in [6.45, 7) is 1.44. The van der Waals surface area contributed by atoms with E-state index in [1.54, 1.807) is 0 Å². The van der Waals surface area contributed by atoms with E-state index in [9.17, 15) is 9.59 Å². The summed E-state index contributed by atoms with van der Waals surface area (Å²) in [4.78, 5) is 21.7. The fourth-order valence-corrected chi connectivity index (χ4v) is 1.54. The van der Waals surface area contributed by atoms with Gasteiger partial charge in [0, 0.05) is 0 Å². The van der Waals surface area contributed by atoms with Crippen molar-refractivity contribution in [2.24, 2.45) is 17.6 Å². The van der Waals surface area contributed by atoms with Crippen molar-refractivity contribution >= 4 is 11.7 Å². The average molecular weight is 155 g/mol. The van der Waals surface area contributed by atoms with Gasteiger partial charge in [-0.25, -0.2) is 0 Å². The number of nitrogens with two attached hydrogens (primary N) is 1. The third-order valence-corrected chi connectivity index (χ3v) is 2.37. The highest BCUT2D eigenvalue weighted by molar-refractivity contribution is 5.99. The lowest BCUT2D eigenvalue weighted by Crippen LogP contribution is -2.38. The molecule has 0 aromatic rings. The van der Waals surface area contributed by atoms with Crippen LogP contribution in [0.3, 0.4) is 0 Å². The van der Waals surface area contributed by atoms with E-state index >= 15 is 0 Å². The first-order valence-corrected chi connectivity index (χ1v) is 3.92. The van der Waals surface area contributed by atoms with Crippen LogP contribution < -0.4 is 5.73 Å². The van der Waals surface area contributed by atoms with Crippen molar-refractivity contribution in [1.82, 2.24) is 0 Å². The first-order valence-electron chi connectivity index (χ1n) is 3.92. The van der Waals surface area contributed by atoms with Crippen LogP contribution >= 0.6 is 0 Å². The zero-order valence-electron chi connectivity index (χ0n) is 6.67. The van der Waals surface area contributed by atoms with Gasteiger partial charge in [0.05, 0.1) is 5.92 Å². The van der Waals surface area contributed by atoms with E-state index in [0.29, 0.717) is 0 Å². The Balaban J connectivity index is 2.58. The molecular formula is C8H13NO2. The third-order valence-electron chi connectivity index (χ3n) is 2.37. The van der Waals surface area contributed by atoms with Gasteiger partial charge in [0.25, 0.3) is 0 Å². The molecule has 3 heteroatoms. The Morgan fingerprint density at radius 1 is 1.45 bits per heavy atom. The van der Waals surface area contributed by atoms with Gasteiger partial charge in [0.1, 0.15) is 5.78 Å². The Labute approximate surface area is 66.0 Å². The second-order valence-electron chi connectivity index (χ2n) is 3.18. The Morgan fingerprint density at radius 2 is 2.00 bits per heavy atom. The van der Waals surface area contributed by atoms with E-state index in [4.69, 9.17) is 5.73 Å². The fraction of sp³-hybridized carbons (Fsp3) is 0.750. The van der Waals surface area contributed by atoms with Crippen molar-refractivity contribution in [3.05, 3.63) is 0 Å². The van der Waals surface area contributed by atoms with E-state index in [1.165, 1.54) is 6.92 Å². The molecule has 0 heterocycles. The molecule has 1 amide bonds. The summed E-state index contributed by atoms with van der Waals surface area (Å²) in [5, 5.41) is 0. The van der Waals surface area contributed by atoms with Crippen molar-refractivity contribution in [3.63, 3.8) is 0 Å². The van der Waals surface area contributed by atoms with Gasteiger partial charge >= 0.3 is 0 Å². The monoisotopic (exact) mass is 155 g/mol. The minimum absolute atomic E-state index is 0.0813. The lowest BCUT2D eigenvalue weighted by molar-refractivity contribution is -0.134. The molecule has 1 rings (SSSR count). The zero-order chi connectivity index (χ0) is 8.43. The SMILES string of the molecule is CC(=O)C(C(N)=O)C1CCC1. The van der Waals surface area contributed by atoms with E-state index in [-0.39, 0.29) is 11.7 Å². The number of primary amides is 1. The van der Waals surface area contributed by atoms with E-state index in [1.807, 2.05) is 0 Å². The number of Topliss-reactive ketones (excluding diaryl/α,β-unsaturated/α-hetero) is 1. The van der Waals surface area contributed by atoms with Crippen LogP contribution in [0.1, 0.15) is 26.2 Å². The van der Waals surface area contributed by atoms with Crippen molar-refractivity contribution in [2.75, 3.05) is 0 Å². The number of hydrogen-bond donors (Lipinski definition) is 1. The quantitative estimate of drug-likeness (QED) is 0.602. The zero-order valence-corrected chi connectivity index (χ0v) is 6.67. The number of rotatable bonds is 3. The van der Waals surface area contributed by atoms with Gasteiger partial charge in [0.2, 0.25) is 5.91 Å². The lowest BCUT2D eigenvalue weighted by Gasteiger charge is -2.29. The number of amides is 1. The Hall–Kier alpha value is -0.860. The standard InChI is InChI=1S/C8H13NO2/c1-5(10)7(8(9)11)6-3-2-4-6/h6-7H,2-4H2,1H3,(H2,9,11). The van der Waals surface area contributed by atoms with Crippen LogP contribution in [0.2, 0.25) is 0 Å². The van der Waals surface area contributed by atoms with Gasteiger partial charge in [-0.05, 0) is 25.7 Å². The molecule has 0 aliphatic heterocycles. The predicted octanol–water partition coefficient (Wildman–Crippen LogP) is 0.477. The van der Waals surface area contributed by atoms with Crippen molar-refractivity contribution in [1.29, 1.82) is 0 Å². The molecule has 0 saturated heterocycles. The normalized spacial score (nSPS) is 20.5. The van der Waals surface area contributed by atoms with E-state index in [0.717, 1.165) is 19.3 Å². The largest absolute Gasteiger partial charge is 0.369 e. The summed E-state index contributed by atoms with van der Waals surface area (Å²) in [6.07, 6.45) is 3.09. The van der Waals surface area contributed by atoms with Crippen LogP contribution in [0.4, 0.5) is 0 Å². The summed E-state index contributed by atoms with van der Waals surface area (Å²) < 4.78 is 0. The lowest BCUT2D eigenvalue weighted by atomic mass is 9.74. The molecular weight excluding hydrogens is 142 g/mol. The highest BCUT2D eigenvalue weighted by Gasteiger charge is 2.34. The van der Waals surface area contributed by atoms with Gasteiger partial charge in [0.15, 0.2) is 0 Å². The summed E-state index contributed by atoms with van der Waals surface area (Å²) >= 11 is 0. The minimum Gasteiger partial charge on any atom is -0.369 e. The highest BCUT2D eigenvalue weighted by atomic mass is 16.2. The molecule has 1 saturated carbocycles. The number of hydrogen-bond acceptors (Lipinski definition) is 2. The van der Waals surface area contributed by atoms with E-state index < -0.39 is 11.8 Å². The molecule has 1 aliphatic carbocycles. The van der Waals surface area contributed by atoms with Gasteiger partial charge in [-0.2, -0.15) is 0 Å². The van der Waals surface area contributed by atoms with Crippen molar-refractivity contribution in [3.8, 4) is 0 Å². The molecule has 2 N–H and O–H groups in total. The number of carbonyl (C=O) groups is 2. The minimum atomic E-state index is -0.510. The van der Waals surface area contributed by atoms with Crippen LogP contribution in [-0.4, -0.2) is 11.7 Å². The molecule has 0 aromatic carbocycles. The predicted molar refractivity (Wildman–Crippen MR) is 40.7 cm³/mol. The smallest absolute Gasteiger partial charge is 0.228 e. The van der Waals surface area contributed by atoms with Gasteiger partial charge < -0.3 is 5.73 Å². The first-order chi connectivity index (χ1) is 5.13. The average Bonchev–Trinajstić information content (AvgIpc) is 1.75. The molecule has 3 nitrogen and oxygen atoms in total. The first kappa shape index (κ1) is 8.24. The summed E-state index contributed by atoms with van der Waals surface area (Å²) in [5.74, 6) is -0.807. The summed E-state index contributed by atoms with van der Waals surface area (Å²) in [5.41, 5.74) is 5.09. The molecule has 0 radical (unpaired) electrons. The molecule has 1 unspecified atom stereocenters.